The van der Waals surface area contributed by atoms with Gasteiger partial charge in [0.05, 0.1) is 12.1 Å². The van der Waals surface area contributed by atoms with Crippen molar-refractivity contribution in [2.75, 3.05) is 5.32 Å². The highest BCUT2D eigenvalue weighted by atomic mass is 32.1. The molecular formula is C11H14N6S. The van der Waals surface area contributed by atoms with Gasteiger partial charge < -0.3 is 15.6 Å². The molecule has 6 nitrogen and oxygen atoms in total. The number of nitrogens with one attached hydrogen (secondary N) is 1. The molecule has 0 radical (unpaired) electrons. The van der Waals surface area contributed by atoms with Crippen LogP contribution in [0.5, 0.6) is 0 Å². The van der Waals surface area contributed by atoms with E-state index >= 15 is 0 Å². The second-order valence-electron chi connectivity index (χ2n) is 3.93. The van der Waals surface area contributed by atoms with Crippen LogP contribution in [0.1, 0.15) is 17.0 Å². The number of anilines is 1. The standard InChI is InChI=1S/C11H14N6S/c1-7-3-4-13-11(9(7)10(12)18)14-5-8-16-15-6-17(8)2/h3-4,6H,5H2,1-2H3,(H2,12,18)(H,13,14). The van der Waals surface area contributed by atoms with Gasteiger partial charge in [-0.05, 0) is 18.6 Å². The average molecular weight is 262 g/mol. The lowest BCUT2D eigenvalue weighted by molar-refractivity contribution is 0.810. The van der Waals surface area contributed by atoms with Gasteiger partial charge in [0.2, 0.25) is 0 Å². The Kier molecular flexibility index (Phi) is 3.52. The lowest BCUT2D eigenvalue weighted by Gasteiger charge is -2.11. The maximum absolute atomic E-state index is 5.71. The molecule has 0 aromatic carbocycles. The van der Waals surface area contributed by atoms with E-state index in [9.17, 15) is 0 Å². The van der Waals surface area contributed by atoms with Crippen molar-refractivity contribution >= 4 is 23.0 Å². The first-order valence-electron chi connectivity index (χ1n) is 5.41. The summed E-state index contributed by atoms with van der Waals surface area (Å²) in [6.45, 7) is 2.46. The van der Waals surface area contributed by atoms with Crippen molar-refractivity contribution < 1.29 is 0 Å². The Labute approximate surface area is 110 Å². The summed E-state index contributed by atoms with van der Waals surface area (Å²) >= 11 is 5.04. The van der Waals surface area contributed by atoms with Crippen LogP contribution < -0.4 is 11.1 Å². The molecule has 0 aliphatic rings. The quantitative estimate of drug-likeness (QED) is 0.792. The molecular weight excluding hydrogens is 248 g/mol. The second kappa shape index (κ2) is 5.09. The maximum atomic E-state index is 5.71. The zero-order chi connectivity index (χ0) is 13.1. The third kappa shape index (κ3) is 2.45. The van der Waals surface area contributed by atoms with Crippen molar-refractivity contribution in [3.05, 3.63) is 35.5 Å². The fraction of sp³-hybridized carbons (Fsp3) is 0.273. The van der Waals surface area contributed by atoms with Gasteiger partial charge in [-0.1, -0.05) is 12.2 Å². The molecule has 7 heteroatoms. The normalized spacial score (nSPS) is 10.3. The van der Waals surface area contributed by atoms with Crippen LogP contribution in [0.3, 0.4) is 0 Å². The molecule has 0 bridgehead atoms. The molecule has 0 aliphatic heterocycles. The third-order valence-corrected chi connectivity index (χ3v) is 2.83. The van der Waals surface area contributed by atoms with E-state index in [4.69, 9.17) is 18.0 Å². The molecule has 0 amide bonds. The molecule has 2 aromatic heterocycles. The van der Waals surface area contributed by atoms with Gasteiger partial charge in [-0.15, -0.1) is 10.2 Å². The Morgan fingerprint density at radius 2 is 2.33 bits per heavy atom. The molecule has 3 N–H and O–H groups in total. The van der Waals surface area contributed by atoms with Crippen LogP contribution in [0.4, 0.5) is 5.82 Å². The number of aryl methyl sites for hydroxylation is 2. The first-order chi connectivity index (χ1) is 8.59. The van der Waals surface area contributed by atoms with Gasteiger partial charge in [0.1, 0.15) is 17.1 Å². The van der Waals surface area contributed by atoms with Crippen molar-refractivity contribution in [3.8, 4) is 0 Å². The zero-order valence-corrected chi connectivity index (χ0v) is 11.0. The van der Waals surface area contributed by atoms with E-state index in [1.54, 1.807) is 12.5 Å². The molecule has 0 fully saturated rings. The maximum Gasteiger partial charge on any atom is 0.151 e. The smallest absolute Gasteiger partial charge is 0.151 e. The summed E-state index contributed by atoms with van der Waals surface area (Å²) in [5, 5.41) is 11.0. The largest absolute Gasteiger partial charge is 0.389 e. The van der Waals surface area contributed by atoms with Crippen molar-refractivity contribution in [2.45, 2.75) is 13.5 Å². The molecule has 0 saturated heterocycles. The first-order valence-corrected chi connectivity index (χ1v) is 5.82. The Bertz CT molecular complexity index is 577. The fourth-order valence-electron chi connectivity index (χ4n) is 1.63. The summed E-state index contributed by atoms with van der Waals surface area (Å²) in [6, 6.07) is 1.88. The summed E-state index contributed by atoms with van der Waals surface area (Å²) in [4.78, 5) is 4.59. The van der Waals surface area contributed by atoms with Gasteiger partial charge in [-0.2, -0.15) is 0 Å². The highest BCUT2D eigenvalue weighted by Gasteiger charge is 2.10. The third-order valence-electron chi connectivity index (χ3n) is 2.62. The number of hydrogen-bond acceptors (Lipinski definition) is 5. The van der Waals surface area contributed by atoms with Crippen LogP contribution in [0.25, 0.3) is 0 Å². The number of rotatable bonds is 4. The monoisotopic (exact) mass is 262 g/mol. The summed E-state index contributed by atoms with van der Waals surface area (Å²) in [5.41, 5.74) is 7.48. The minimum absolute atomic E-state index is 0.334. The first kappa shape index (κ1) is 12.4. The number of nitrogens with two attached hydrogens (primary N) is 1. The molecule has 18 heavy (non-hydrogen) atoms. The highest BCUT2D eigenvalue weighted by molar-refractivity contribution is 7.80. The number of aromatic nitrogens is 4. The van der Waals surface area contributed by atoms with Gasteiger partial charge in [0.15, 0.2) is 5.82 Å². The number of nitrogens with zero attached hydrogens (tertiary/aromatic N) is 4. The average Bonchev–Trinajstić information content (AvgIpc) is 2.71. The van der Waals surface area contributed by atoms with Crippen molar-refractivity contribution in [1.29, 1.82) is 0 Å². The lowest BCUT2D eigenvalue weighted by Crippen LogP contribution is -2.16. The molecule has 0 atom stereocenters. The summed E-state index contributed by atoms with van der Waals surface area (Å²) < 4.78 is 1.84. The van der Waals surface area contributed by atoms with E-state index in [0.717, 1.165) is 17.0 Å². The van der Waals surface area contributed by atoms with E-state index in [1.807, 2.05) is 24.6 Å². The van der Waals surface area contributed by atoms with Crippen LogP contribution >= 0.6 is 12.2 Å². The van der Waals surface area contributed by atoms with Crippen molar-refractivity contribution in [1.82, 2.24) is 19.7 Å². The second-order valence-corrected chi connectivity index (χ2v) is 4.37. The SMILES string of the molecule is Cc1ccnc(NCc2nncn2C)c1C(N)=S. The Morgan fingerprint density at radius 3 is 2.94 bits per heavy atom. The van der Waals surface area contributed by atoms with E-state index in [2.05, 4.69) is 20.5 Å². The number of hydrogen-bond donors (Lipinski definition) is 2. The van der Waals surface area contributed by atoms with Gasteiger partial charge in [-0.25, -0.2) is 4.98 Å². The van der Waals surface area contributed by atoms with Crippen LogP contribution in [0.2, 0.25) is 0 Å². The van der Waals surface area contributed by atoms with Crippen molar-refractivity contribution in [3.63, 3.8) is 0 Å². The van der Waals surface area contributed by atoms with Crippen LogP contribution in [-0.4, -0.2) is 24.7 Å². The Balaban J connectivity index is 2.22. The van der Waals surface area contributed by atoms with Crippen LogP contribution in [-0.2, 0) is 13.6 Å². The van der Waals surface area contributed by atoms with Gasteiger partial charge in [0, 0.05) is 13.2 Å². The Hall–Kier alpha value is -2.02. The number of pyridine rings is 1. The van der Waals surface area contributed by atoms with E-state index < -0.39 is 0 Å². The summed E-state index contributed by atoms with van der Waals surface area (Å²) in [5.74, 6) is 1.48. The van der Waals surface area contributed by atoms with E-state index in [-0.39, 0.29) is 0 Å². The summed E-state index contributed by atoms with van der Waals surface area (Å²) in [7, 11) is 1.88. The predicted octanol–water partition coefficient (Wildman–Crippen LogP) is 0.765. The minimum atomic E-state index is 0.334. The minimum Gasteiger partial charge on any atom is -0.389 e. The van der Waals surface area contributed by atoms with Crippen LogP contribution in [0.15, 0.2) is 18.6 Å². The van der Waals surface area contributed by atoms with E-state index in [1.165, 1.54) is 0 Å². The summed E-state index contributed by atoms with van der Waals surface area (Å²) in [6.07, 6.45) is 3.37. The van der Waals surface area contributed by atoms with Gasteiger partial charge >= 0.3 is 0 Å². The molecule has 2 heterocycles. The molecule has 94 valence electrons. The van der Waals surface area contributed by atoms with Crippen LogP contribution in [0, 0.1) is 6.92 Å². The number of thiocarbonyl (C=S) groups is 1. The molecule has 0 aliphatic carbocycles. The lowest BCUT2D eigenvalue weighted by atomic mass is 10.1. The predicted molar refractivity (Wildman–Crippen MR) is 73.2 cm³/mol. The van der Waals surface area contributed by atoms with Gasteiger partial charge in [-0.3, -0.25) is 0 Å². The topological polar surface area (TPSA) is 81.7 Å². The van der Waals surface area contributed by atoms with E-state index in [0.29, 0.717) is 17.4 Å². The Morgan fingerprint density at radius 1 is 1.56 bits per heavy atom. The molecule has 2 aromatic rings. The highest BCUT2D eigenvalue weighted by Crippen LogP contribution is 2.16. The fourth-order valence-corrected chi connectivity index (χ4v) is 1.89. The molecule has 0 spiro atoms. The zero-order valence-electron chi connectivity index (χ0n) is 10.2. The van der Waals surface area contributed by atoms with Crippen molar-refractivity contribution in [2.24, 2.45) is 12.8 Å². The van der Waals surface area contributed by atoms with Gasteiger partial charge in [0.25, 0.3) is 0 Å². The molecule has 0 saturated carbocycles. The molecule has 0 unspecified atom stereocenters. The molecule has 2 rings (SSSR count).